The first-order chi connectivity index (χ1) is 16.9. The van der Waals surface area contributed by atoms with Crippen LogP contribution in [0.15, 0.2) is 77.4 Å². The molecule has 0 unspecified atom stereocenters. The molecular weight excluding hydrogens is 487 g/mol. The van der Waals surface area contributed by atoms with Gasteiger partial charge in [-0.15, -0.1) is 4.73 Å². The van der Waals surface area contributed by atoms with Crippen molar-refractivity contribution in [1.82, 2.24) is 19.7 Å². The van der Waals surface area contributed by atoms with Crippen molar-refractivity contribution in [2.24, 2.45) is 5.10 Å². The molecule has 0 fully saturated rings. The SMILES string of the molecule is C=CN(Cc1ccc(Nc2ncc3cc(-c4c(Cl)cccc4Cl)c(=O)n(OC)c3n2)cc1)/N=C\C. The first kappa shape index (κ1) is 24.3. The Bertz CT molecular complexity index is 1450. The van der Waals surface area contributed by atoms with Crippen molar-refractivity contribution in [2.75, 3.05) is 12.4 Å². The Balaban J connectivity index is 1.66. The van der Waals surface area contributed by atoms with Crippen LogP contribution in [0.1, 0.15) is 12.5 Å². The summed E-state index contributed by atoms with van der Waals surface area (Å²) in [5.74, 6) is 0.308. The van der Waals surface area contributed by atoms with E-state index >= 15 is 0 Å². The van der Waals surface area contributed by atoms with Crippen LogP contribution in [0.2, 0.25) is 10.0 Å². The zero-order chi connectivity index (χ0) is 24.9. The maximum atomic E-state index is 13.2. The number of hydrazone groups is 1. The minimum absolute atomic E-state index is 0.288. The molecular formula is C25H22Cl2N6O2. The van der Waals surface area contributed by atoms with Gasteiger partial charge in [-0.3, -0.25) is 9.80 Å². The molecule has 0 aliphatic rings. The molecule has 0 saturated heterocycles. The fourth-order valence-electron chi connectivity index (χ4n) is 3.54. The van der Waals surface area contributed by atoms with Crippen molar-refractivity contribution in [3.63, 3.8) is 0 Å². The molecule has 10 heteroatoms. The van der Waals surface area contributed by atoms with Gasteiger partial charge in [0.25, 0.3) is 5.56 Å². The van der Waals surface area contributed by atoms with Gasteiger partial charge >= 0.3 is 0 Å². The van der Waals surface area contributed by atoms with Gasteiger partial charge in [-0.05, 0) is 42.8 Å². The second kappa shape index (κ2) is 10.6. The van der Waals surface area contributed by atoms with Crippen LogP contribution in [0.3, 0.4) is 0 Å². The summed E-state index contributed by atoms with van der Waals surface area (Å²) in [5, 5.41) is 10.4. The highest BCUT2D eigenvalue weighted by molar-refractivity contribution is 6.39. The molecule has 2 aromatic heterocycles. The third-order valence-corrected chi connectivity index (χ3v) is 5.78. The third kappa shape index (κ3) is 5.13. The van der Waals surface area contributed by atoms with E-state index in [4.69, 9.17) is 28.0 Å². The second-order valence-electron chi connectivity index (χ2n) is 7.39. The highest BCUT2D eigenvalue weighted by Gasteiger charge is 2.18. The number of anilines is 2. The third-order valence-electron chi connectivity index (χ3n) is 5.15. The van der Waals surface area contributed by atoms with Crippen LogP contribution in [-0.2, 0) is 6.54 Å². The topological polar surface area (TPSA) is 84.6 Å². The number of aromatic nitrogens is 3. The zero-order valence-corrected chi connectivity index (χ0v) is 20.6. The number of nitrogens with one attached hydrogen (secondary N) is 1. The molecule has 4 rings (SSSR count). The molecule has 2 heterocycles. The van der Waals surface area contributed by atoms with Crippen molar-refractivity contribution in [2.45, 2.75) is 13.5 Å². The van der Waals surface area contributed by atoms with Gasteiger partial charge in [0.1, 0.15) is 7.11 Å². The Hall–Kier alpha value is -3.88. The van der Waals surface area contributed by atoms with Gasteiger partial charge in [0.05, 0.1) is 22.2 Å². The summed E-state index contributed by atoms with van der Waals surface area (Å²) >= 11 is 12.7. The number of halogens is 2. The van der Waals surface area contributed by atoms with Crippen molar-refractivity contribution in [1.29, 1.82) is 0 Å². The largest absolute Gasteiger partial charge is 0.412 e. The lowest BCUT2D eigenvalue weighted by Crippen LogP contribution is -2.27. The van der Waals surface area contributed by atoms with Crippen LogP contribution >= 0.6 is 23.2 Å². The highest BCUT2D eigenvalue weighted by atomic mass is 35.5. The van der Waals surface area contributed by atoms with Crippen LogP contribution < -0.4 is 15.7 Å². The summed E-state index contributed by atoms with van der Waals surface area (Å²) in [6, 6.07) is 14.5. The number of rotatable bonds is 8. The number of benzene rings is 2. The normalized spacial score (nSPS) is 11.1. The quantitative estimate of drug-likeness (QED) is 0.249. The lowest BCUT2D eigenvalue weighted by Gasteiger charge is -2.14. The van der Waals surface area contributed by atoms with Gasteiger partial charge in [0.2, 0.25) is 5.95 Å². The highest BCUT2D eigenvalue weighted by Crippen LogP contribution is 2.33. The van der Waals surface area contributed by atoms with E-state index in [1.807, 2.05) is 31.2 Å². The van der Waals surface area contributed by atoms with Crippen LogP contribution in [0.5, 0.6) is 0 Å². The molecule has 0 radical (unpaired) electrons. The molecule has 178 valence electrons. The predicted octanol–water partition coefficient (Wildman–Crippen LogP) is 5.52. The maximum absolute atomic E-state index is 13.2. The first-order valence-electron chi connectivity index (χ1n) is 10.6. The lowest BCUT2D eigenvalue weighted by atomic mass is 10.1. The van der Waals surface area contributed by atoms with Crippen molar-refractivity contribution in [3.05, 3.63) is 93.5 Å². The first-order valence-corrected chi connectivity index (χ1v) is 11.4. The van der Waals surface area contributed by atoms with Gasteiger partial charge in [-0.25, -0.2) is 4.98 Å². The summed E-state index contributed by atoms with van der Waals surface area (Å²) in [6.07, 6.45) is 4.97. The molecule has 8 nitrogen and oxygen atoms in total. The van der Waals surface area contributed by atoms with E-state index < -0.39 is 5.56 Å². The summed E-state index contributed by atoms with van der Waals surface area (Å²) in [4.78, 5) is 27.5. The summed E-state index contributed by atoms with van der Waals surface area (Å²) in [6.45, 7) is 6.21. The van der Waals surface area contributed by atoms with Crippen LogP contribution in [0.25, 0.3) is 22.2 Å². The molecule has 4 aromatic rings. The van der Waals surface area contributed by atoms with Gasteiger partial charge < -0.3 is 10.2 Å². The van der Waals surface area contributed by atoms with E-state index in [1.165, 1.54) is 7.11 Å². The number of hydrogen-bond donors (Lipinski definition) is 1. The van der Waals surface area contributed by atoms with Gasteiger partial charge in [0.15, 0.2) is 5.65 Å². The monoisotopic (exact) mass is 508 g/mol. The molecule has 0 spiro atoms. The second-order valence-corrected chi connectivity index (χ2v) is 8.20. The Morgan fingerprint density at radius 2 is 1.91 bits per heavy atom. The van der Waals surface area contributed by atoms with Gasteiger partial charge in [0, 0.05) is 35.2 Å². The standard InChI is InChI=1S/C25H22Cl2N6O2/c1-4-29-32(5-2)15-16-9-11-18(12-10-16)30-25-28-14-17-13-19(22-20(26)7-6-8-21(22)27)24(34)33(35-3)23(17)31-25/h4-14H,2,15H2,1,3H3,(H,28,30,31)/b29-4-. The fraction of sp³-hybridized carbons (Fsp3) is 0.120. The smallest absolute Gasteiger partial charge is 0.293 e. The summed E-state index contributed by atoms with van der Waals surface area (Å²) in [7, 11) is 1.39. The van der Waals surface area contributed by atoms with Crippen molar-refractivity contribution < 1.29 is 4.84 Å². The number of nitrogens with zero attached hydrogens (tertiary/aromatic N) is 5. The van der Waals surface area contributed by atoms with Gasteiger partial charge in [-0.1, -0.05) is 48.0 Å². The molecule has 2 aromatic carbocycles. The average molecular weight is 509 g/mol. The van der Waals surface area contributed by atoms with E-state index in [-0.39, 0.29) is 5.56 Å². The molecule has 0 amide bonds. The van der Waals surface area contributed by atoms with E-state index in [2.05, 4.69) is 27.0 Å². The lowest BCUT2D eigenvalue weighted by molar-refractivity contribution is 0.168. The number of fused-ring (bicyclic) bond motifs is 1. The van der Waals surface area contributed by atoms with Crippen molar-refractivity contribution >= 4 is 52.1 Å². The van der Waals surface area contributed by atoms with Gasteiger partial charge in [-0.2, -0.15) is 10.1 Å². The Morgan fingerprint density at radius 3 is 2.54 bits per heavy atom. The molecule has 1 N–H and O–H groups in total. The Morgan fingerprint density at radius 1 is 1.20 bits per heavy atom. The zero-order valence-electron chi connectivity index (χ0n) is 19.1. The molecule has 35 heavy (non-hydrogen) atoms. The predicted molar refractivity (Wildman–Crippen MR) is 141 cm³/mol. The van der Waals surface area contributed by atoms with E-state index in [9.17, 15) is 4.79 Å². The molecule has 0 saturated carbocycles. The summed E-state index contributed by atoms with van der Waals surface area (Å²) < 4.78 is 1.10. The van der Waals surface area contributed by atoms with E-state index in [1.54, 1.807) is 47.9 Å². The maximum Gasteiger partial charge on any atom is 0.293 e. The van der Waals surface area contributed by atoms with Crippen LogP contribution in [0.4, 0.5) is 11.6 Å². The van der Waals surface area contributed by atoms with Crippen molar-refractivity contribution in [3.8, 4) is 11.1 Å². The minimum Gasteiger partial charge on any atom is -0.412 e. The van der Waals surface area contributed by atoms with Crippen LogP contribution in [0, 0.1) is 0 Å². The Labute approximate surface area is 212 Å². The number of hydrogen-bond acceptors (Lipinski definition) is 7. The number of pyridine rings is 1. The molecule has 0 atom stereocenters. The summed E-state index contributed by atoms with van der Waals surface area (Å²) in [5.41, 5.74) is 2.41. The molecule has 0 aliphatic carbocycles. The fourth-order valence-corrected chi connectivity index (χ4v) is 4.14. The van der Waals surface area contributed by atoms with E-state index in [0.717, 1.165) is 16.0 Å². The van der Waals surface area contributed by atoms with E-state index in [0.29, 0.717) is 39.1 Å². The molecule has 0 aliphatic heterocycles. The van der Waals surface area contributed by atoms with Crippen LogP contribution in [-0.4, -0.2) is 33.0 Å². The Kier molecular flexibility index (Phi) is 7.33. The average Bonchev–Trinajstić information content (AvgIpc) is 2.85. The minimum atomic E-state index is -0.439. The molecule has 0 bridgehead atoms.